The van der Waals surface area contributed by atoms with Gasteiger partial charge >= 0.3 is 0 Å². The Morgan fingerprint density at radius 2 is 1.48 bits per heavy atom. The third-order valence-electron chi connectivity index (χ3n) is 3.21. The first-order valence-electron chi connectivity index (χ1n) is 7.08. The van der Waals surface area contributed by atoms with Gasteiger partial charge in [0.25, 0.3) is 0 Å². The molecule has 0 aliphatic heterocycles. The quantitative estimate of drug-likeness (QED) is 0.563. The monoisotopic (exact) mass is 316 g/mol. The second kappa shape index (κ2) is 8.70. The SMILES string of the molecule is S=C(NCCc1ccccc1)NCCc1ccccc1S. The number of nitrogens with one attached hydrogen (secondary N) is 2. The van der Waals surface area contributed by atoms with Gasteiger partial charge in [0.2, 0.25) is 0 Å². The van der Waals surface area contributed by atoms with E-state index in [9.17, 15) is 0 Å². The average molecular weight is 316 g/mol. The minimum absolute atomic E-state index is 0.711. The summed E-state index contributed by atoms with van der Waals surface area (Å²) >= 11 is 9.72. The predicted octanol–water partition coefficient (Wildman–Crippen LogP) is 3.22. The maximum Gasteiger partial charge on any atom is 0.166 e. The number of hydrogen-bond acceptors (Lipinski definition) is 2. The molecule has 0 radical (unpaired) electrons. The molecule has 0 spiro atoms. The van der Waals surface area contributed by atoms with Gasteiger partial charge in [0, 0.05) is 18.0 Å². The van der Waals surface area contributed by atoms with Gasteiger partial charge in [-0.25, -0.2) is 0 Å². The first kappa shape index (κ1) is 15.9. The number of thiol groups is 1. The molecule has 0 unspecified atom stereocenters. The molecular formula is C17H20N2S2. The normalized spacial score (nSPS) is 10.1. The zero-order valence-corrected chi connectivity index (χ0v) is 13.6. The summed E-state index contributed by atoms with van der Waals surface area (Å²) < 4.78 is 0. The third-order valence-corrected chi connectivity index (χ3v) is 3.94. The van der Waals surface area contributed by atoms with Gasteiger partial charge in [-0.1, -0.05) is 48.5 Å². The lowest BCUT2D eigenvalue weighted by Crippen LogP contribution is -2.37. The highest BCUT2D eigenvalue weighted by Crippen LogP contribution is 2.12. The van der Waals surface area contributed by atoms with Gasteiger partial charge in [0.1, 0.15) is 0 Å². The fourth-order valence-electron chi connectivity index (χ4n) is 2.06. The summed E-state index contributed by atoms with van der Waals surface area (Å²) in [5.41, 5.74) is 2.55. The Hall–Kier alpha value is -1.52. The molecule has 0 heterocycles. The van der Waals surface area contributed by atoms with Crippen LogP contribution in [-0.4, -0.2) is 18.2 Å². The second-order valence-electron chi connectivity index (χ2n) is 4.80. The van der Waals surface area contributed by atoms with Crippen molar-refractivity contribution in [3.63, 3.8) is 0 Å². The summed E-state index contributed by atoms with van der Waals surface area (Å²) in [6.45, 7) is 1.66. The van der Waals surface area contributed by atoms with Gasteiger partial charge in [-0.3, -0.25) is 0 Å². The van der Waals surface area contributed by atoms with Crippen LogP contribution in [0.15, 0.2) is 59.5 Å². The highest BCUT2D eigenvalue weighted by Gasteiger charge is 1.99. The minimum atomic E-state index is 0.711. The smallest absolute Gasteiger partial charge is 0.166 e. The minimum Gasteiger partial charge on any atom is -0.362 e. The Bertz CT molecular complexity index is 570. The van der Waals surface area contributed by atoms with Crippen molar-refractivity contribution in [2.75, 3.05) is 13.1 Å². The molecule has 0 fully saturated rings. The van der Waals surface area contributed by atoms with Crippen LogP contribution in [0.3, 0.4) is 0 Å². The van der Waals surface area contributed by atoms with E-state index in [1.54, 1.807) is 0 Å². The summed E-state index contributed by atoms with van der Waals surface area (Å²) in [4.78, 5) is 1.03. The van der Waals surface area contributed by atoms with Crippen molar-refractivity contribution >= 4 is 30.0 Å². The number of rotatable bonds is 6. The molecule has 0 aliphatic rings. The van der Waals surface area contributed by atoms with Crippen LogP contribution in [0.4, 0.5) is 0 Å². The lowest BCUT2D eigenvalue weighted by molar-refractivity contribution is 0.798. The Balaban J connectivity index is 1.63. The molecule has 2 rings (SSSR count). The summed E-state index contributed by atoms with van der Waals surface area (Å²) in [5, 5.41) is 7.17. The van der Waals surface area contributed by atoms with E-state index in [2.05, 4.69) is 53.6 Å². The molecule has 0 saturated heterocycles. The van der Waals surface area contributed by atoms with Crippen molar-refractivity contribution in [3.8, 4) is 0 Å². The lowest BCUT2D eigenvalue weighted by Gasteiger charge is -2.11. The van der Waals surface area contributed by atoms with Crippen molar-refractivity contribution in [1.29, 1.82) is 0 Å². The summed E-state index contributed by atoms with van der Waals surface area (Å²) in [6.07, 6.45) is 1.89. The van der Waals surface area contributed by atoms with Gasteiger partial charge in [0.05, 0.1) is 0 Å². The predicted molar refractivity (Wildman–Crippen MR) is 96.1 cm³/mol. The molecule has 4 heteroatoms. The van der Waals surface area contributed by atoms with Gasteiger partial charge in [-0.2, -0.15) is 0 Å². The van der Waals surface area contributed by atoms with Gasteiger partial charge in [0.15, 0.2) is 5.11 Å². The van der Waals surface area contributed by atoms with Crippen LogP contribution in [0, 0.1) is 0 Å². The Kier molecular flexibility index (Phi) is 6.57. The Morgan fingerprint density at radius 1 is 0.857 bits per heavy atom. The van der Waals surface area contributed by atoms with Gasteiger partial charge < -0.3 is 10.6 Å². The average Bonchev–Trinajstić information content (AvgIpc) is 2.50. The number of hydrogen-bond donors (Lipinski definition) is 3. The molecular weight excluding hydrogens is 296 g/mol. The van der Waals surface area contributed by atoms with E-state index in [1.807, 2.05) is 24.3 Å². The van der Waals surface area contributed by atoms with E-state index in [-0.39, 0.29) is 0 Å². The molecule has 2 aromatic rings. The molecule has 21 heavy (non-hydrogen) atoms. The highest BCUT2D eigenvalue weighted by molar-refractivity contribution is 7.80. The van der Waals surface area contributed by atoms with E-state index >= 15 is 0 Å². The fourth-order valence-corrected chi connectivity index (χ4v) is 2.54. The Labute approximate surface area is 137 Å². The lowest BCUT2D eigenvalue weighted by atomic mass is 10.1. The van der Waals surface area contributed by atoms with Gasteiger partial charge in [-0.15, -0.1) is 12.6 Å². The largest absolute Gasteiger partial charge is 0.362 e. The zero-order valence-electron chi connectivity index (χ0n) is 11.9. The maximum atomic E-state index is 5.28. The molecule has 0 atom stereocenters. The van der Waals surface area contributed by atoms with E-state index in [0.29, 0.717) is 5.11 Å². The van der Waals surface area contributed by atoms with Crippen LogP contribution < -0.4 is 10.6 Å². The molecule has 2 aromatic carbocycles. The van der Waals surface area contributed by atoms with Crippen LogP contribution in [0.5, 0.6) is 0 Å². The molecule has 2 N–H and O–H groups in total. The topological polar surface area (TPSA) is 24.1 Å². The van der Waals surface area contributed by atoms with E-state index in [4.69, 9.17) is 12.2 Å². The van der Waals surface area contributed by atoms with E-state index in [1.165, 1.54) is 11.1 Å². The maximum absolute atomic E-state index is 5.28. The highest BCUT2D eigenvalue weighted by atomic mass is 32.1. The van der Waals surface area contributed by atoms with Crippen molar-refractivity contribution in [1.82, 2.24) is 10.6 Å². The fraction of sp³-hybridized carbons (Fsp3) is 0.235. The summed E-state index contributed by atoms with van der Waals surface area (Å²) in [6, 6.07) is 18.5. The second-order valence-corrected chi connectivity index (χ2v) is 5.69. The molecule has 0 aromatic heterocycles. The van der Waals surface area contributed by atoms with Crippen LogP contribution in [-0.2, 0) is 12.8 Å². The Morgan fingerprint density at radius 3 is 2.19 bits per heavy atom. The van der Waals surface area contributed by atoms with Crippen molar-refractivity contribution < 1.29 is 0 Å². The van der Waals surface area contributed by atoms with Crippen molar-refractivity contribution in [2.24, 2.45) is 0 Å². The van der Waals surface area contributed by atoms with Crippen molar-refractivity contribution in [3.05, 3.63) is 65.7 Å². The van der Waals surface area contributed by atoms with Gasteiger partial charge in [-0.05, 0) is 42.3 Å². The molecule has 0 saturated carbocycles. The van der Waals surface area contributed by atoms with E-state index < -0.39 is 0 Å². The van der Waals surface area contributed by atoms with Crippen molar-refractivity contribution in [2.45, 2.75) is 17.7 Å². The molecule has 0 amide bonds. The standard InChI is InChI=1S/C17H20N2S2/c20-16-9-5-4-8-15(16)11-13-19-17(21)18-12-10-14-6-2-1-3-7-14/h1-9,20H,10-13H2,(H2,18,19,21). The molecule has 110 valence electrons. The molecule has 2 nitrogen and oxygen atoms in total. The van der Waals surface area contributed by atoms with Crippen LogP contribution in [0.1, 0.15) is 11.1 Å². The zero-order chi connectivity index (χ0) is 14.9. The van der Waals surface area contributed by atoms with E-state index in [0.717, 1.165) is 30.8 Å². The van der Waals surface area contributed by atoms with Crippen LogP contribution in [0.25, 0.3) is 0 Å². The first-order valence-corrected chi connectivity index (χ1v) is 7.94. The molecule has 0 bridgehead atoms. The van der Waals surface area contributed by atoms with Crippen LogP contribution in [0.2, 0.25) is 0 Å². The summed E-state index contributed by atoms with van der Waals surface area (Å²) in [5.74, 6) is 0. The molecule has 0 aliphatic carbocycles. The van der Waals surface area contributed by atoms with Crippen LogP contribution >= 0.6 is 24.8 Å². The summed E-state index contributed by atoms with van der Waals surface area (Å²) in [7, 11) is 0. The number of thiocarbonyl (C=S) groups is 1. The third kappa shape index (κ3) is 5.78. The first-order chi connectivity index (χ1) is 10.3. The number of benzene rings is 2.